The second-order valence-electron chi connectivity index (χ2n) is 6.07. The minimum Gasteiger partial charge on any atom is -0.389 e. The molecule has 0 radical (unpaired) electrons. The van der Waals surface area contributed by atoms with Crippen molar-refractivity contribution in [3.63, 3.8) is 0 Å². The highest BCUT2D eigenvalue weighted by Crippen LogP contribution is 2.12. The fourth-order valence-electron chi connectivity index (χ4n) is 1.12. The molecule has 0 spiro atoms. The van der Waals surface area contributed by atoms with Gasteiger partial charge in [-0.05, 0) is 41.0 Å². The van der Waals surface area contributed by atoms with E-state index in [-0.39, 0.29) is 11.1 Å². The van der Waals surface area contributed by atoms with Gasteiger partial charge < -0.3 is 19.9 Å². The molecule has 0 saturated carbocycles. The van der Waals surface area contributed by atoms with Crippen LogP contribution in [0.25, 0.3) is 0 Å². The lowest BCUT2D eigenvalue weighted by Gasteiger charge is -2.24. The van der Waals surface area contributed by atoms with Gasteiger partial charge in [-0.15, -0.1) is 0 Å². The van der Waals surface area contributed by atoms with Crippen LogP contribution in [0.4, 0.5) is 0 Å². The van der Waals surface area contributed by atoms with Crippen molar-refractivity contribution in [3.8, 4) is 0 Å². The SMILES string of the molecule is COC(C)(C)CCOCC(O)CNC(C)(C)C. The molecule has 1 atom stereocenters. The van der Waals surface area contributed by atoms with Crippen LogP contribution in [0, 0.1) is 0 Å². The van der Waals surface area contributed by atoms with Crippen LogP contribution in [0.5, 0.6) is 0 Å². The van der Waals surface area contributed by atoms with Gasteiger partial charge in [0.25, 0.3) is 0 Å². The van der Waals surface area contributed by atoms with E-state index < -0.39 is 6.10 Å². The predicted molar refractivity (Wildman–Crippen MR) is 70.3 cm³/mol. The molecule has 4 heteroatoms. The molecule has 0 rings (SSSR count). The van der Waals surface area contributed by atoms with Crippen LogP contribution < -0.4 is 5.32 Å². The van der Waals surface area contributed by atoms with Crippen molar-refractivity contribution < 1.29 is 14.6 Å². The van der Waals surface area contributed by atoms with Gasteiger partial charge in [-0.1, -0.05) is 0 Å². The Morgan fingerprint density at radius 1 is 1.18 bits per heavy atom. The molecule has 2 N–H and O–H groups in total. The van der Waals surface area contributed by atoms with E-state index in [1.165, 1.54) is 0 Å². The third-order valence-corrected chi connectivity index (χ3v) is 2.58. The molecule has 0 heterocycles. The van der Waals surface area contributed by atoms with Gasteiger partial charge in [-0.2, -0.15) is 0 Å². The summed E-state index contributed by atoms with van der Waals surface area (Å²) in [6.07, 6.45) is 0.364. The molecular weight excluding hydrogens is 218 g/mol. The standard InChI is InChI=1S/C13H29NO3/c1-12(2,3)14-9-11(15)10-17-8-7-13(4,5)16-6/h11,14-15H,7-10H2,1-6H3. The Morgan fingerprint density at radius 3 is 2.24 bits per heavy atom. The largest absolute Gasteiger partial charge is 0.389 e. The maximum Gasteiger partial charge on any atom is 0.0897 e. The molecule has 0 aliphatic rings. The number of nitrogens with one attached hydrogen (secondary N) is 1. The van der Waals surface area contributed by atoms with E-state index in [1.54, 1.807) is 7.11 Å². The summed E-state index contributed by atoms with van der Waals surface area (Å²) in [5.74, 6) is 0. The fourth-order valence-corrected chi connectivity index (χ4v) is 1.12. The Labute approximate surface area is 106 Å². The van der Waals surface area contributed by atoms with Crippen LogP contribution in [0.3, 0.4) is 0 Å². The van der Waals surface area contributed by atoms with Crippen molar-refractivity contribution in [2.24, 2.45) is 0 Å². The second kappa shape index (κ2) is 7.31. The van der Waals surface area contributed by atoms with Gasteiger partial charge in [0.1, 0.15) is 0 Å². The Bertz CT molecular complexity index is 199. The number of ether oxygens (including phenoxy) is 2. The molecule has 0 aromatic heterocycles. The Kier molecular flexibility index (Phi) is 7.24. The Balaban J connectivity index is 3.55. The average Bonchev–Trinajstić information content (AvgIpc) is 2.20. The summed E-state index contributed by atoms with van der Waals surface area (Å²) < 4.78 is 10.7. The molecule has 0 aliphatic heterocycles. The highest BCUT2D eigenvalue weighted by molar-refractivity contribution is 4.73. The molecule has 0 fully saturated rings. The van der Waals surface area contributed by atoms with Gasteiger partial charge in [-0.3, -0.25) is 0 Å². The molecule has 0 saturated heterocycles. The number of aliphatic hydroxyl groups is 1. The molecule has 17 heavy (non-hydrogen) atoms. The number of hydrogen-bond donors (Lipinski definition) is 2. The quantitative estimate of drug-likeness (QED) is 0.639. The summed E-state index contributed by atoms with van der Waals surface area (Å²) in [6.45, 7) is 11.8. The van der Waals surface area contributed by atoms with Crippen molar-refractivity contribution >= 4 is 0 Å². The van der Waals surface area contributed by atoms with E-state index in [9.17, 15) is 5.11 Å². The highest BCUT2D eigenvalue weighted by Gasteiger charge is 2.16. The van der Waals surface area contributed by atoms with E-state index in [0.29, 0.717) is 19.8 Å². The van der Waals surface area contributed by atoms with Gasteiger partial charge in [0, 0.05) is 25.8 Å². The Morgan fingerprint density at radius 2 is 1.76 bits per heavy atom. The predicted octanol–water partition coefficient (Wildman–Crippen LogP) is 1.57. The number of hydrogen-bond acceptors (Lipinski definition) is 4. The van der Waals surface area contributed by atoms with E-state index in [0.717, 1.165) is 6.42 Å². The molecule has 104 valence electrons. The fraction of sp³-hybridized carbons (Fsp3) is 1.00. The van der Waals surface area contributed by atoms with Gasteiger partial charge in [0.05, 0.1) is 18.3 Å². The van der Waals surface area contributed by atoms with Crippen LogP contribution in [0.2, 0.25) is 0 Å². The number of methoxy groups -OCH3 is 1. The first-order chi connectivity index (χ1) is 7.66. The van der Waals surface area contributed by atoms with Crippen LogP contribution in [0.1, 0.15) is 41.0 Å². The number of β-amino-alcohol motifs (C(OH)–C–C–N with tert-alkyl or cyclic N) is 1. The second-order valence-corrected chi connectivity index (χ2v) is 6.07. The topological polar surface area (TPSA) is 50.7 Å². The first-order valence-electron chi connectivity index (χ1n) is 6.22. The van der Waals surface area contributed by atoms with Gasteiger partial charge in [-0.25, -0.2) is 0 Å². The summed E-state index contributed by atoms with van der Waals surface area (Å²) in [7, 11) is 1.70. The molecule has 0 aromatic carbocycles. The van der Waals surface area contributed by atoms with Crippen molar-refractivity contribution in [1.82, 2.24) is 5.32 Å². The lowest BCUT2D eigenvalue weighted by Crippen LogP contribution is -2.42. The van der Waals surface area contributed by atoms with Crippen LogP contribution in [-0.4, -0.2) is 49.2 Å². The minimum atomic E-state index is -0.458. The van der Waals surface area contributed by atoms with Crippen molar-refractivity contribution in [2.75, 3.05) is 26.9 Å². The third kappa shape index (κ3) is 10.7. The number of aliphatic hydroxyl groups excluding tert-OH is 1. The average molecular weight is 247 g/mol. The van der Waals surface area contributed by atoms with Crippen molar-refractivity contribution in [2.45, 2.75) is 58.3 Å². The summed E-state index contributed by atoms with van der Waals surface area (Å²) in [4.78, 5) is 0. The highest BCUT2D eigenvalue weighted by atomic mass is 16.5. The van der Waals surface area contributed by atoms with E-state index >= 15 is 0 Å². The third-order valence-electron chi connectivity index (χ3n) is 2.58. The van der Waals surface area contributed by atoms with E-state index in [2.05, 4.69) is 26.1 Å². The zero-order valence-electron chi connectivity index (χ0n) is 12.2. The van der Waals surface area contributed by atoms with Gasteiger partial charge in [0.2, 0.25) is 0 Å². The van der Waals surface area contributed by atoms with Crippen molar-refractivity contribution in [1.29, 1.82) is 0 Å². The summed E-state index contributed by atoms with van der Waals surface area (Å²) in [5.41, 5.74) is -0.131. The molecule has 0 bridgehead atoms. The summed E-state index contributed by atoms with van der Waals surface area (Å²) in [6, 6.07) is 0. The van der Waals surface area contributed by atoms with E-state index in [1.807, 2.05) is 13.8 Å². The zero-order valence-corrected chi connectivity index (χ0v) is 12.2. The molecule has 0 amide bonds. The number of rotatable bonds is 8. The van der Waals surface area contributed by atoms with Gasteiger partial charge >= 0.3 is 0 Å². The molecule has 0 aliphatic carbocycles. The van der Waals surface area contributed by atoms with Gasteiger partial charge in [0.15, 0.2) is 0 Å². The summed E-state index contributed by atoms with van der Waals surface area (Å²) in [5, 5.41) is 12.9. The van der Waals surface area contributed by atoms with Crippen LogP contribution in [0.15, 0.2) is 0 Å². The van der Waals surface area contributed by atoms with Crippen molar-refractivity contribution in [3.05, 3.63) is 0 Å². The van der Waals surface area contributed by atoms with Crippen LogP contribution in [-0.2, 0) is 9.47 Å². The Hall–Kier alpha value is -0.160. The zero-order chi connectivity index (χ0) is 13.5. The normalized spacial score (nSPS) is 15.0. The lowest BCUT2D eigenvalue weighted by molar-refractivity contribution is -0.0247. The first kappa shape index (κ1) is 16.8. The summed E-state index contributed by atoms with van der Waals surface area (Å²) >= 11 is 0. The lowest BCUT2D eigenvalue weighted by atomic mass is 10.1. The molecular formula is C13H29NO3. The molecule has 4 nitrogen and oxygen atoms in total. The molecule has 1 unspecified atom stereocenters. The van der Waals surface area contributed by atoms with E-state index in [4.69, 9.17) is 9.47 Å². The molecule has 0 aromatic rings. The monoisotopic (exact) mass is 247 g/mol. The smallest absolute Gasteiger partial charge is 0.0897 e. The maximum atomic E-state index is 9.68. The maximum absolute atomic E-state index is 9.68. The van der Waals surface area contributed by atoms with Crippen LogP contribution >= 0.6 is 0 Å². The first-order valence-corrected chi connectivity index (χ1v) is 6.22. The minimum absolute atomic E-state index is 0.0268.